The van der Waals surface area contributed by atoms with Crippen molar-refractivity contribution in [2.45, 2.75) is 42.8 Å². The number of likely N-dealkylation sites (N-methyl/N-ethyl adjacent to an activating group) is 1. The van der Waals surface area contributed by atoms with Gasteiger partial charge in [-0.3, -0.25) is 9.98 Å². The molecular formula is C23H28ClN7S. The fraction of sp³-hybridized carbons (Fsp3) is 0.391. The molecule has 0 spiro atoms. The summed E-state index contributed by atoms with van der Waals surface area (Å²) in [6.07, 6.45) is 7.05. The van der Waals surface area contributed by atoms with E-state index in [-0.39, 0.29) is 0 Å². The minimum atomic E-state index is 0.492. The number of hydrogen-bond acceptors (Lipinski definition) is 7. The van der Waals surface area contributed by atoms with Gasteiger partial charge in [0, 0.05) is 42.1 Å². The molecule has 0 radical (unpaired) electrons. The SMILES string of the molecule is C=CC=Nc1cc(Sc2nc(N3CCC(N(C)C)C3)c3c(Cl)c(CC)[nH]c3n2)cnc1C. The van der Waals surface area contributed by atoms with Crippen molar-refractivity contribution in [3.63, 3.8) is 0 Å². The predicted molar refractivity (Wildman–Crippen MR) is 134 cm³/mol. The lowest BCUT2D eigenvalue weighted by atomic mass is 10.2. The Balaban J connectivity index is 1.75. The van der Waals surface area contributed by atoms with E-state index in [0.717, 1.165) is 69.8 Å². The lowest BCUT2D eigenvalue weighted by molar-refractivity contribution is 0.315. The first-order valence-corrected chi connectivity index (χ1v) is 11.9. The minimum absolute atomic E-state index is 0.492. The van der Waals surface area contributed by atoms with Gasteiger partial charge in [0.25, 0.3) is 0 Å². The van der Waals surface area contributed by atoms with Crippen molar-refractivity contribution in [2.75, 3.05) is 32.1 Å². The molecule has 1 fully saturated rings. The van der Waals surface area contributed by atoms with Crippen LogP contribution < -0.4 is 4.90 Å². The molecule has 168 valence electrons. The normalized spacial score (nSPS) is 16.7. The van der Waals surface area contributed by atoms with Crippen LogP contribution in [0.25, 0.3) is 11.0 Å². The molecule has 9 heteroatoms. The number of aliphatic imine (C=N–C) groups is 1. The van der Waals surface area contributed by atoms with E-state index in [1.165, 1.54) is 11.8 Å². The number of nitrogens with zero attached hydrogens (tertiary/aromatic N) is 6. The number of rotatable bonds is 7. The molecule has 0 saturated carbocycles. The molecule has 0 aliphatic carbocycles. The van der Waals surface area contributed by atoms with Gasteiger partial charge in [-0.25, -0.2) is 9.97 Å². The molecule has 1 N–H and O–H groups in total. The zero-order valence-electron chi connectivity index (χ0n) is 18.9. The third-order valence-corrected chi connectivity index (χ3v) is 6.97. The van der Waals surface area contributed by atoms with E-state index in [1.54, 1.807) is 12.3 Å². The van der Waals surface area contributed by atoms with Crippen molar-refractivity contribution in [3.05, 3.63) is 41.3 Å². The van der Waals surface area contributed by atoms with Crippen LogP contribution in [0.4, 0.5) is 11.5 Å². The minimum Gasteiger partial charge on any atom is -0.354 e. The van der Waals surface area contributed by atoms with Crippen LogP contribution >= 0.6 is 23.4 Å². The van der Waals surface area contributed by atoms with Gasteiger partial charge in [-0.1, -0.05) is 31.2 Å². The summed E-state index contributed by atoms with van der Waals surface area (Å²) in [6, 6.07) is 2.49. The Morgan fingerprint density at radius 1 is 1.41 bits per heavy atom. The van der Waals surface area contributed by atoms with Crippen molar-refractivity contribution in [1.82, 2.24) is 24.8 Å². The molecular weight excluding hydrogens is 442 g/mol. The van der Waals surface area contributed by atoms with Crippen LogP contribution in [0, 0.1) is 6.92 Å². The van der Waals surface area contributed by atoms with Gasteiger partial charge in [0.1, 0.15) is 11.5 Å². The predicted octanol–water partition coefficient (Wildman–Crippen LogP) is 5.06. The molecule has 32 heavy (non-hydrogen) atoms. The molecule has 0 aromatic carbocycles. The smallest absolute Gasteiger partial charge is 0.196 e. The third-order valence-electron chi connectivity index (χ3n) is 5.73. The number of H-pyrrole nitrogens is 1. The summed E-state index contributed by atoms with van der Waals surface area (Å²) in [5.74, 6) is 0.896. The standard InChI is InChI=1S/C23H28ClN7S/c1-6-9-25-18-11-16(12-26-14(18)3)32-23-28-21-19(20(24)17(7-2)27-21)22(29-23)31-10-8-15(13-31)30(4)5/h6,9,11-12,15H,1,7-8,10,13H2,2-5H3,(H,27,28,29). The van der Waals surface area contributed by atoms with E-state index in [4.69, 9.17) is 21.6 Å². The molecule has 1 unspecified atom stereocenters. The zero-order chi connectivity index (χ0) is 22.8. The highest BCUT2D eigenvalue weighted by Crippen LogP contribution is 2.38. The summed E-state index contributed by atoms with van der Waals surface area (Å²) in [5, 5.41) is 2.29. The van der Waals surface area contributed by atoms with Crippen LogP contribution in [-0.4, -0.2) is 64.3 Å². The average molecular weight is 470 g/mol. The number of anilines is 1. The van der Waals surface area contributed by atoms with Crippen molar-refractivity contribution < 1.29 is 0 Å². The van der Waals surface area contributed by atoms with Gasteiger partial charge in [0.15, 0.2) is 5.16 Å². The third kappa shape index (κ3) is 4.53. The molecule has 3 aromatic heterocycles. The van der Waals surface area contributed by atoms with Crippen molar-refractivity contribution in [3.8, 4) is 0 Å². The van der Waals surface area contributed by atoms with E-state index >= 15 is 0 Å². The van der Waals surface area contributed by atoms with Crippen LogP contribution in [0.2, 0.25) is 5.02 Å². The molecule has 1 saturated heterocycles. The van der Waals surface area contributed by atoms with Gasteiger partial charge in [-0.2, -0.15) is 0 Å². The molecule has 1 atom stereocenters. The maximum Gasteiger partial charge on any atom is 0.196 e. The second-order valence-electron chi connectivity index (χ2n) is 8.07. The first kappa shape index (κ1) is 22.8. The summed E-state index contributed by atoms with van der Waals surface area (Å²) in [4.78, 5) is 27.6. The molecule has 0 bridgehead atoms. The molecule has 1 aliphatic rings. The van der Waals surface area contributed by atoms with Gasteiger partial charge in [-0.15, -0.1) is 0 Å². The van der Waals surface area contributed by atoms with Crippen LogP contribution in [0.15, 0.2) is 40.0 Å². The van der Waals surface area contributed by atoms with Crippen LogP contribution in [-0.2, 0) is 6.42 Å². The lowest BCUT2D eigenvalue weighted by Gasteiger charge is -2.22. The second-order valence-corrected chi connectivity index (χ2v) is 9.49. The number of pyridine rings is 1. The Morgan fingerprint density at radius 3 is 2.91 bits per heavy atom. The van der Waals surface area contributed by atoms with Crippen LogP contribution in [0.1, 0.15) is 24.7 Å². The summed E-state index contributed by atoms with van der Waals surface area (Å²) >= 11 is 8.23. The number of nitrogens with one attached hydrogen (secondary N) is 1. The Kier molecular flexibility index (Phi) is 6.83. The second kappa shape index (κ2) is 9.60. The monoisotopic (exact) mass is 469 g/mol. The first-order chi connectivity index (χ1) is 15.4. The fourth-order valence-corrected chi connectivity index (χ4v) is 4.98. The topological polar surface area (TPSA) is 73.3 Å². The summed E-state index contributed by atoms with van der Waals surface area (Å²) in [6.45, 7) is 9.56. The van der Waals surface area contributed by atoms with E-state index in [9.17, 15) is 0 Å². The van der Waals surface area contributed by atoms with Crippen molar-refractivity contribution in [1.29, 1.82) is 0 Å². The first-order valence-electron chi connectivity index (χ1n) is 10.7. The zero-order valence-corrected chi connectivity index (χ0v) is 20.5. The maximum atomic E-state index is 6.75. The van der Waals surface area contributed by atoms with E-state index in [1.807, 2.05) is 19.2 Å². The summed E-state index contributed by atoms with van der Waals surface area (Å²) in [5.41, 5.74) is 3.43. The number of hydrogen-bond donors (Lipinski definition) is 1. The Hall–Kier alpha value is -2.42. The molecule has 7 nitrogen and oxygen atoms in total. The summed E-state index contributed by atoms with van der Waals surface area (Å²) in [7, 11) is 4.25. The summed E-state index contributed by atoms with van der Waals surface area (Å²) < 4.78 is 0. The number of aryl methyl sites for hydroxylation is 2. The highest BCUT2D eigenvalue weighted by molar-refractivity contribution is 7.99. The number of allylic oxidation sites excluding steroid dienone is 1. The molecule has 4 heterocycles. The van der Waals surface area contributed by atoms with Crippen LogP contribution in [0.3, 0.4) is 0 Å². The quantitative estimate of drug-likeness (QED) is 0.385. The largest absolute Gasteiger partial charge is 0.354 e. The van der Waals surface area contributed by atoms with Crippen LogP contribution in [0.5, 0.6) is 0 Å². The van der Waals surface area contributed by atoms with Gasteiger partial charge < -0.3 is 14.8 Å². The van der Waals surface area contributed by atoms with E-state index < -0.39 is 0 Å². The maximum absolute atomic E-state index is 6.75. The molecule has 3 aromatic rings. The highest BCUT2D eigenvalue weighted by atomic mass is 35.5. The van der Waals surface area contributed by atoms with Gasteiger partial charge >= 0.3 is 0 Å². The van der Waals surface area contributed by atoms with E-state index in [0.29, 0.717) is 11.2 Å². The number of halogens is 1. The Bertz CT molecular complexity index is 1170. The number of aromatic amines is 1. The average Bonchev–Trinajstić information content (AvgIpc) is 3.39. The van der Waals surface area contributed by atoms with Crippen molar-refractivity contribution >= 4 is 52.1 Å². The highest BCUT2D eigenvalue weighted by Gasteiger charge is 2.28. The van der Waals surface area contributed by atoms with Crippen molar-refractivity contribution in [2.24, 2.45) is 4.99 Å². The molecule has 4 rings (SSSR count). The van der Waals surface area contributed by atoms with Gasteiger partial charge in [0.2, 0.25) is 0 Å². The lowest BCUT2D eigenvalue weighted by Crippen LogP contribution is -2.31. The van der Waals surface area contributed by atoms with Gasteiger partial charge in [-0.05, 0) is 51.7 Å². The van der Waals surface area contributed by atoms with E-state index in [2.05, 4.69) is 52.4 Å². The number of fused-ring (bicyclic) bond motifs is 1. The molecule has 0 amide bonds. The Labute approximate surface area is 198 Å². The molecule has 1 aliphatic heterocycles. The fourth-order valence-electron chi connectivity index (χ4n) is 3.87. The van der Waals surface area contributed by atoms with Gasteiger partial charge in [0.05, 0.1) is 21.8 Å². The Morgan fingerprint density at radius 2 is 2.22 bits per heavy atom. The number of aromatic nitrogens is 4.